The zero-order valence-corrected chi connectivity index (χ0v) is 15.3. The van der Waals surface area contributed by atoms with E-state index in [1.807, 2.05) is 18.2 Å². The Kier molecular flexibility index (Phi) is 5.07. The number of benzene rings is 3. The van der Waals surface area contributed by atoms with Gasteiger partial charge in [0.05, 0.1) is 0 Å². The first-order chi connectivity index (χ1) is 14.1. The molecule has 0 unspecified atom stereocenters. The highest BCUT2D eigenvalue weighted by molar-refractivity contribution is 5.98. The number of aromatic nitrogens is 1. The number of nitrogens with two attached hydrogens (primary N) is 1. The molecule has 144 valence electrons. The van der Waals surface area contributed by atoms with Crippen LogP contribution in [0.3, 0.4) is 0 Å². The van der Waals surface area contributed by atoms with Crippen molar-refractivity contribution in [3.63, 3.8) is 0 Å². The fourth-order valence-corrected chi connectivity index (χ4v) is 2.83. The average Bonchev–Trinajstić information content (AvgIpc) is 3.19. The van der Waals surface area contributed by atoms with Gasteiger partial charge in [-0.1, -0.05) is 18.2 Å². The van der Waals surface area contributed by atoms with E-state index in [-0.39, 0.29) is 24.0 Å². The fourth-order valence-electron chi connectivity index (χ4n) is 2.83. The van der Waals surface area contributed by atoms with E-state index in [0.29, 0.717) is 28.5 Å². The van der Waals surface area contributed by atoms with Gasteiger partial charge < -0.3 is 14.9 Å². The number of halogens is 1. The van der Waals surface area contributed by atoms with Crippen molar-refractivity contribution in [1.29, 1.82) is 0 Å². The molecule has 29 heavy (non-hydrogen) atoms. The molecule has 0 atom stereocenters. The van der Waals surface area contributed by atoms with Gasteiger partial charge in [0.15, 0.2) is 5.78 Å². The standard InChI is InChI=1S/C23H17FN2O3/c24-18-9-5-16(6-10-18)23-26-14-22(29-23)28-19-11-7-15(8-12-19)21(27)13-17-3-1-2-4-20(17)25/h1-12,14H,13,25H2. The first kappa shape index (κ1) is 18.4. The van der Waals surface area contributed by atoms with Gasteiger partial charge in [0.25, 0.3) is 0 Å². The number of hydrogen-bond acceptors (Lipinski definition) is 5. The molecule has 0 aliphatic carbocycles. The molecular weight excluding hydrogens is 371 g/mol. The van der Waals surface area contributed by atoms with E-state index >= 15 is 0 Å². The van der Waals surface area contributed by atoms with E-state index in [1.165, 1.54) is 18.3 Å². The Hall–Kier alpha value is -3.93. The quantitative estimate of drug-likeness (QED) is 0.359. The lowest BCUT2D eigenvalue weighted by Gasteiger charge is -2.06. The summed E-state index contributed by atoms with van der Waals surface area (Å²) in [6, 6.07) is 19.9. The molecule has 3 aromatic carbocycles. The van der Waals surface area contributed by atoms with Gasteiger partial charge in [0.2, 0.25) is 5.89 Å². The highest BCUT2D eigenvalue weighted by Gasteiger charge is 2.11. The molecule has 5 nitrogen and oxygen atoms in total. The first-order valence-corrected chi connectivity index (χ1v) is 8.95. The highest BCUT2D eigenvalue weighted by Crippen LogP contribution is 2.27. The van der Waals surface area contributed by atoms with Gasteiger partial charge in [-0.25, -0.2) is 9.37 Å². The van der Waals surface area contributed by atoms with Crippen LogP contribution in [0, 0.1) is 5.82 Å². The van der Waals surface area contributed by atoms with E-state index in [9.17, 15) is 9.18 Å². The summed E-state index contributed by atoms with van der Waals surface area (Å²) in [6.45, 7) is 0. The van der Waals surface area contributed by atoms with Crippen LogP contribution in [0.25, 0.3) is 11.5 Å². The third-order valence-electron chi connectivity index (χ3n) is 4.38. The van der Waals surface area contributed by atoms with Crippen molar-refractivity contribution in [3.8, 4) is 23.1 Å². The number of oxazole rings is 1. The van der Waals surface area contributed by atoms with E-state index in [4.69, 9.17) is 14.9 Å². The Balaban J connectivity index is 1.43. The van der Waals surface area contributed by atoms with Crippen LogP contribution in [-0.2, 0) is 6.42 Å². The zero-order valence-electron chi connectivity index (χ0n) is 15.3. The number of nitrogens with zero attached hydrogens (tertiary/aromatic N) is 1. The van der Waals surface area contributed by atoms with E-state index in [1.54, 1.807) is 42.5 Å². The van der Waals surface area contributed by atoms with Crippen LogP contribution in [0.5, 0.6) is 11.7 Å². The average molecular weight is 388 g/mol. The van der Waals surface area contributed by atoms with Crippen molar-refractivity contribution in [3.05, 3.63) is 95.9 Å². The number of ether oxygens (including phenoxy) is 1. The molecule has 1 aromatic heterocycles. The normalized spacial score (nSPS) is 10.7. The molecule has 0 aliphatic heterocycles. The molecule has 0 spiro atoms. The van der Waals surface area contributed by atoms with Crippen molar-refractivity contribution in [2.45, 2.75) is 6.42 Å². The number of ketones is 1. The van der Waals surface area contributed by atoms with Crippen LogP contribution in [-0.4, -0.2) is 10.8 Å². The SMILES string of the molecule is Nc1ccccc1CC(=O)c1ccc(Oc2cnc(-c3ccc(F)cc3)o2)cc1. The minimum atomic E-state index is -0.332. The van der Waals surface area contributed by atoms with Crippen LogP contribution in [0.2, 0.25) is 0 Å². The Bertz CT molecular complexity index is 1140. The second-order valence-electron chi connectivity index (χ2n) is 6.42. The molecule has 0 saturated heterocycles. The predicted octanol–water partition coefficient (Wildman–Crippen LogP) is 5.28. The smallest absolute Gasteiger partial charge is 0.311 e. The number of hydrogen-bond donors (Lipinski definition) is 1. The predicted molar refractivity (Wildman–Crippen MR) is 107 cm³/mol. The summed E-state index contributed by atoms with van der Waals surface area (Å²) in [5.41, 5.74) is 8.50. The number of nitrogen functional groups attached to an aromatic ring is 1. The van der Waals surface area contributed by atoms with Gasteiger partial charge in [-0.05, 0) is 60.2 Å². The van der Waals surface area contributed by atoms with Crippen LogP contribution in [0.1, 0.15) is 15.9 Å². The molecule has 0 amide bonds. The third kappa shape index (κ3) is 4.32. The maximum atomic E-state index is 13.0. The summed E-state index contributed by atoms with van der Waals surface area (Å²) in [4.78, 5) is 16.6. The summed E-state index contributed by atoms with van der Waals surface area (Å²) < 4.78 is 24.2. The lowest BCUT2D eigenvalue weighted by molar-refractivity contribution is 0.0993. The van der Waals surface area contributed by atoms with Crippen LogP contribution < -0.4 is 10.5 Å². The van der Waals surface area contributed by atoms with Crippen molar-refractivity contribution in [2.75, 3.05) is 5.73 Å². The number of para-hydroxylation sites is 1. The molecule has 1 heterocycles. The minimum Gasteiger partial charge on any atom is -0.425 e. The number of carbonyl (C=O) groups is 1. The molecule has 0 aliphatic rings. The summed E-state index contributed by atoms with van der Waals surface area (Å²) in [6.07, 6.45) is 1.67. The van der Waals surface area contributed by atoms with Crippen molar-refractivity contribution in [1.82, 2.24) is 4.98 Å². The van der Waals surface area contributed by atoms with Crippen molar-refractivity contribution in [2.24, 2.45) is 0 Å². The monoisotopic (exact) mass is 388 g/mol. The molecule has 0 radical (unpaired) electrons. The van der Waals surface area contributed by atoms with Gasteiger partial charge >= 0.3 is 5.95 Å². The second-order valence-corrected chi connectivity index (χ2v) is 6.42. The number of Topliss-reactive ketones (excluding diaryl/α,β-unsaturated/α-hetero) is 1. The second kappa shape index (κ2) is 7.98. The molecule has 0 fully saturated rings. The molecular formula is C23H17FN2O3. The van der Waals surface area contributed by atoms with Gasteiger partial charge in [0, 0.05) is 23.2 Å². The van der Waals surface area contributed by atoms with Gasteiger partial charge in [0.1, 0.15) is 17.8 Å². The molecule has 4 rings (SSSR count). The largest absolute Gasteiger partial charge is 0.425 e. The number of anilines is 1. The van der Waals surface area contributed by atoms with E-state index in [2.05, 4.69) is 4.98 Å². The topological polar surface area (TPSA) is 78.4 Å². The molecule has 0 bridgehead atoms. The van der Waals surface area contributed by atoms with Crippen LogP contribution in [0.15, 0.2) is 83.4 Å². The molecule has 0 saturated carbocycles. The first-order valence-electron chi connectivity index (χ1n) is 8.95. The summed E-state index contributed by atoms with van der Waals surface area (Å²) >= 11 is 0. The van der Waals surface area contributed by atoms with Gasteiger partial charge in [-0.15, -0.1) is 0 Å². The maximum Gasteiger partial charge on any atom is 0.311 e. The Labute approximate surface area is 166 Å². The highest BCUT2D eigenvalue weighted by atomic mass is 19.1. The molecule has 6 heteroatoms. The summed E-state index contributed by atoms with van der Waals surface area (Å²) in [5.74, 6) is 0.657. The van der Waals surface area contributed by atoms with E-state index < -0.39 is 0 Å². The van der Waals surface area contributed by atoms with Crippen molar-refractivity contribution < 1.29 is 18.3 Å². The van der Waals surface area contributed by atoms with Crippen molar-refractivity contribution >= 4 is 11.5 Å². The van der Waals surface area contributed by atoms with Gasteiger partial charge in [-0.2, -0.15) is 0 Å². The molecule has 2 N–H and O–H groups in total. The van der Waals surface area contributed by atoms with Crippen LogP contribution in [0.4, 0.5) is 10.1 Å². The zero-order chi connectivity index (χ0) is 20.2. The Morgan fingerprint density at radius 3 is 2.45 bits per heavy atom. The van der Waals surface area contributed by atoms with E-state index in [0.717, 1.165) is 5.56 Å². The minimum absolute atomic E-state index is 0.0345. The van der Waals surface area contributed by atoms with Gasteiger partial charge in [-0.3, -0.25) is 4.79 Å². The fraction of sp³-hybridized carbons (Fsp3) is 0.0435. The lowest BCUT2D eigenvalue weighted by Crippen LogP contribution is -2.05. The summed E-state index contributed by atoms with van der Waals surface area (Å²) in [5, 5.41) is 0. The Morgan fingerprint density at radius 1 is 1.00 bits per heavy atom. The van der Waals surface area contributed by atoms with Crippen LogP contribution >= 0.6 is 0 Å². The lowest BCUT2D eigenvalue weighted by atomic mass is 10.0. The third-order valence-corrected chi connectivity index (χ3v) is 4.38. The maximum absolute atomic E-state index is 13.0. The molecule has 4 aromatic rings. The Morgan fingerprint density at radius 2 is 1.72 bits per heavy atom. The number of carbonyl (C=O) groups excluding carboxylic acids is 1. The number of rotatable bonds is 6. The summed E-state index contributed by atoms with van der Waals surface area (Å²) in [7, 11) is 0.